The fourth-order valence-corrected chi connectivity index (χ4v) is 4.13. The van der Waals surface area contributed by atoms with E-state index in [0.29, 0.717) is 0 Å². The summed E-state index contributed by atoms with van der Waals surface area (Å²) in [6, 6.07) is 8.68. The molecule has 0 bridgehead atoms. The van der Waals surface area contributed by atoms with Gasteiger partial charge in [-0.25, -0.2) is 0 Å². The Labute approximate surface area is 113 Å². The first-order valence-electron chi connectivity index (χ1n) is 6.26. The highest BCUT2D eigenvalue weighted by Gasteiger charge is 2.35. The first-order chi connectivity index (χ1) is 8.51. The third-order valence-corrected chi connectivity index (χ3v) is 5.25. The maximum Gasteiger partial charge on any atom is 0.0645 e. The van der Waals surface area contributed by atoms with Gasteiger partial charge in [0.1, 0.15) is 0 Å². The summed E-state index contributed by atoms with van der Waals surface area (Å²) in [6.45, 7) is 8.91. The van der Waals surface area contributed by atoms with E-state index in [0.717, 1.165) is 0 Å². The summed E-state index contributed by atoms with van der Waals surface area (Å²) in [6.07, 6.45) is 1.93. The van der Waals surface area contributed by atoms with E-state index < -0.39 is 0 Å². The van der Waals surface area contributed by atoms with Gasteiger partial charge in [-0.05, 0) is 36.6 Å². The number of rotatable bonds is 0. The molecule has 92 valence electrons. The van der Waals surface area contributed by atoms with Crippen LogP contribution in [0.25, 0.3) is 0 Å². The lowest BCUT2D eigenvalue weighted by atomic mass is 9.79. The average molecular weight is 255 g/mol. The number of benzene rings is 1. The van der Waals surface area contributed by atoms with E-state index in [2.05, 4.69) is 56.9 Å². The largest absolute Gasteiger partial charge is 0.259 e. The van der Waals surface area contributed by atoms with E-state index in [1.807, 2.05) is 18.0 Å². The van der Waals surface area contributed by atoms with E-state index >= 15 is 0 Å². The second-order valence-corrected chi connectivity index (χ2v) is 6.50. The summed E-state index contributed by atoms with van der Waals surface area (Å²) in [5, 5.41) is 0. The Morgan fingerprint density at radius 1 is 1.00 bits per heavy atom. The zero-order valence-electron chi connectivity index (χ0n) is 11.2. The van der Waals surface area contributed by atoms with Crippen LogP contribution in [0.5, 0.6) is 0 Å². The summed E-state index contributed by atoms with van der Waals surface area (Å²) in [4.78, 5) is 7.39. The first kappa shape index (κ1) is 11.8. The fraction of sp³-hybridized carbons (Fsp3) is 0.312. The minimum atomic E-state index is -0.00600. The van der Waals surface area contributed by atoms with Crippen LogP contribution in [-0.4, -0.2) is 4.98 Å². The van der Waals surface area contributed by atoms with Crippen molar-refractivity contribution >= 4 is 11.8 Å². The Hall–Kier alpha value is -1.28. The third kappa shape index (κ3) is 1.52. The molecule has 0 fully saturated rings. The van der Waals surface area contributed by atoms with Crippen LogP contribution < -0.4 is 0 Å². The molecule has 18 heavy (non-hydrogen) atoms. The van der Waals surface area contributed by atoms with Crippen LogP contribution in [-0.2, 0) is 5.41 Å². The maximum absolute atomic E-state index is 4.64. The highest BCUT2D eigenvalue weighted by molar-refractivity contribution is 7.99. The van der Waals surface area contributed by atoms with Gasteiger partial charge >= 0.3 is 0 Å². The van der Waals surface area contributed by atoms with Crippen LogP contribution in [0, 0.1) is 13.8 Å². The number of fused-ring (bicyclic) bond motifs is 2. The number of pyridine rings is 1. The van der Waals surface area contributed by atoms with Crippen LogP contribution in [0.2, 0.25) is 0 Å². The predicted molar refractivity (Wildman–Crippen MR) is 76.4 cm³/mol. The Morgan fingerprint density at radius 3 is 2.50 bits per heavy atom. The van der Waals surface area contributed by atoms with Gasteiger partial charge in [-0.1, -0.05) is 43.8 Å². The molecule has 0 saturated heterocycles. The minimum absolute atomic E-state index is 0.00600. The molecule has 0 saturated carbocycles. The third-order valence-electron chi connectivity index (χ3n) is 3.78. The molecule has 2 heterocycles. The lowest BCUT2D eigenvalue weighted by Crippen LogP contribution is -2.26. The van der Waals surface area contributed by atoms with Crippen molar-refractivity contribution in [2.45, 2.75) is 42.9 Å². The molecule has 1 aliphatic heterocycles. The maximum atomic E-state index is 4.64. The van der Waals surface area contributed by atoms with Crippen molar-refractivity contribution in [2.24, 2.45) is 0 Å². The van der Waals surface area contributed by atoms with Crippen molar-refractivity contribution in [1.29, 1.82) is 0 Å². The number of hydrogen-bond donors (Lipinski definition) is 0. The molecule has 2 heteroatoms. The summed E-state index contributed by atoms with van der Waals surface area (Å²) in [7, 11) is 0. The Bertz CT molecular complexity index is 575. The summed E-state index contributed by atoms with van der Waals surface area (Å²) in [5.74, 6) is 0. The van der Waals surface area contributed by atoms with Crippen LogP contribution in [0.1, 0.15) is 36.2 Å². The lowest BCUT2D eigenvalue weighted by Gasteiger charge is -2.34. The summed E-state index contributed by atoms with van der Waals surface area (Å²) >= 11 is 1.88. The van der Waals surface area contributed by atoms with Crippen LogP contribution in [0.3, 0.4) is 0 Å². The Balaban J connectivity index is 2.33. The SMILES string of the molecule is Cc1cccc2c1Sc1c(C)ccnc1C2(C)C. The molecule has 1 nitrogen and oxygen atoms in total. The molecule has 3 rings (SSSR count). The van der Waals surface area contributed by atoms with Crippen LogP contribution in [0.4, 0.5) is 0 Å². The lowest BCUT2D eigenvalue weighted by molar-refractivity contribution is 0.579. The fourth-order valence-electron chi connectivity index (χ4n) is 2.63. The van der Waals surface area contributed by atoms with Crippen molar-refractivity contribution in [1.82, 2.24) is 4.98 Å². The molecule has 0 aliphatic carbocycles. The second-order valence-electron chi connectivity index (χ2n) is 5.48. The average Bonchev–Trinajstić information content (AvgIpc) is 2.32. The molecule has 1 aromatic carbocycles. The number of hydrogen-bond acceptors (Lipinski definition) is 2. The first-order valence-corrected chi connectivity index (χ1v) is 7.07. The van der Waals surface area contributed by atoms with Gasteiger partial charge in [-0.2, -0.15) is 0 Å². The normalized spacial score (nSPS) is 16.0. The van der Waals surface area contributed by atoms with E-state index in [-0.39, 0.29) is 5.41 Å². The molecule has 0 unspecified atom stereocenters. The molecule has 1 aromatic heterocycles. The molecular formula is C16H17NS. The number of aromatic nitrogens is 1. The molecule has 0 spiro atoms. The molecule has 2 aromatic rings. The topological polar surface area (TPSA) is 12.9 Å². The Kier molecular flexibility index (Phi) is 2.53. The van der Waals surface area contributed by atoms with Gasteiger partial charge in [-0.3, -0.25) is 4.98 Å². The zero-order valence-corrected chi connectivity index (χ0v) is 12.1. The highest BCUT2D eigenvalue weighted by atomic mass is 32.2. The zero-order chi connectivity index (χ0) is 12.9. The van der Waals surface area contributed by atoms with E-state index in [1.54, 1.807) is 0 Å². The smallest absolute Gasteiger partial charge is 0.0645 e. The van der Waals surface area contributed by atoms with Crippen LogP contribution in [0.15, 0.2) is 40.3 Å². The van der Waals surface area contributed by atoms with Gasteiger partial charge in [0, 0.05) is 21.4 Å². The van der Waals surface area contributed by atoms with Crippen molar-refractivity contribution in [3.63, 3.8) is 0 Å². The van der Waals surface area contributed by atoms with Crippen molar-refractivity contribution in [3.05, 3.63) is 52.8 Å². The number of aryl methyl sites for hydroxylation is 2. The van der Waals surface area contributed by atoms with Gasteiger partial charge in [0.25, 0.3) is 0 Å². The van der Waals surface area contributed by atoms with Gasteiger partial charge in [0.15, 0.2) is 0 Å². The quantitative estimate of drug-likeness (QED) is 0.688. The number of nitrogens with zero attached hydrogens (tertiary/aromatic N) is 1. The second kappa shape index (κ2) is 3.86. The molecule has 0 amide bonds. The van der Waals surface area contributed by atoms with Crippen molar-refractivity contribution in [2.75, 3.05) is 0 Å². The summed E-state index contributed by atoms with van der Waals surface area (Å²) < 4.78 is 0. The van der Waals surface area contributed by atoms with E-state index in [1.165, 1.54) is 32.2 Å². The molecular weight excluding hydrogens is 238 g/mol. The molecule has 0 N–H and O–H groups in total. The van der Waals surface area contributed by atoms with Crippen LogP contribution >= 0.6 is 11.8 Å². The monoisotopic (exact) mass is 255 g/mol. The van der Waals surface area contributed by atoms with E-state index in [4.69, 9.17) is 0 Å². The van der Waals surface area contributed by atoms with Crippen molar-refractivity contribution in [3.8, 4) is 0 Å². The Morgan fingerprint density at radius 2 is 1.72 bits per heavy atom. The minimum Gasteiger partial charge on any atom is -0.259 e. The highest BCUT2D eigenvalue weighted by Crippen LogP contribution is 2.50. The van der Waals surface area contributed by atoms with Gasteiger partial charge in [0.2, 0.25) is 0 Å². The predicted octanol–water partition coefficient (Wildman–Crippen LogP) is 4.49. The molecule has 0 radical (unpaired) electrons. The van der Waals surface area contributed by atoms with Gasteiger partial charge < -0.3 is 0 Å². The molecule has 1 aliphatic rings. The van der Waals surface area contributed by atoms with Crippen molar-refractivity contribution < 1.29 is 0 Å². The van der Waals surface area contributed by atoms with E-state index in [9.17, 15) is 0 Å². The molecule has 0 atom stereocenters. The summed E-state index contributed by atoms with van der Waals surface area (Å²) in [5.41, 5.74) is 5.30. The standard InChI is InChI=1S/C16H17NS/c1-10-6-5-7-12-13(10)18-14-11(2)8-9-17-15(14)16(12,3)4/h5-9H,1-4H3. The van der Waals surface area contributed by atoms with Gasteiger partial charge in [0.05, 0.1) is 5.69 Å². The van der Waals surface area contributed by atoms with Gasteiger partial charge in [-0.15, -0.1) is 0 Å².